The molecule has 0 bridgehead atoms. The fraction of sp³-hybridized carbons (Fsp3) is 0.778. The molecular formula is C9H14IN. The van der Waals surface area contributed by atoms with E-state index in [4.69, 9.17) is 5.73 Å². The minimum atomic E-state index is 0.318. The highest BCUT2D eigenvalue weighted by molar-refractivity contribution is 14.1. The van der Waals surface area contributed by atoms with E-state index in [1.54, 1.807) is 0 Å². The van der Waals surface area contributed by atoms with Crippen molar-refractivity contribution in [2.24, 2.45) is 11.7 Å². The Bertz CT molecular complexity index is 170. The van der Waals surface area contributed by atoms with Crippen LogP contribution < -0.4 is 5.73 Å². The molecule has 0 aromatic rings. The minimum absolute atomic E-state index is 0.318. The maximum atomic E-state index is 5.95. The van der Waals surface area contributed by atoms with E-state index in [9.17, 15) is 0 Å². The summed E-state index contributed by atoms with van der Waals surface area (Å²) in [5.74, 6) is 6.60. The Morgan fingerprint density at radius 1 is 1.45 bits per heavy atom. The Morgan fingerprint density at radius 3 is 2.73 bits per heavy atom. The molecule has 0 amide bonds. The summed E-state index contributed by atoms with van der Waals surface area (Å²) in [5.41, 5.74) is 5.95. The van der Waals surface area contributed by atoms with E-state index in [0.717, 1.165) is 6.42 Å². The standard InChI is InChI=1S/C9H14IN/c1-2-4-7-8(10)5-3-6-9(7)11/h7-9H,3,5-6,11H2,1H3. The van der Waals surface area contributed by atoms with Gasteiger partial charge in [-0.05, 0) is 19.8 Å². The van der Waals surface area contributed by atoms with Crippen LogP contribution in [0.25, 0.3) is 0 Å². The summed E-state index contributed by atoms with van der Waals surface area (Å²) < 4.78 is 0.670. The van der Waals surface area contributed by atoms with Crippen molar-refractivity contribution >= 4 is 22.6 Å². The first kappa shape index (κ1) is 9.34. The highest BCUT2D eigenvalue weighted by Crippen LogP contribution is 2.28. The predicted octanol–water partition coefficient (Wildman–Crippen LogP) is 1.94. The number of hydrogen-bond acceptors (Lipinski definition) is 1. The molecule has 0 heterocycles. The Balaban J connectivity index is 2.60. The van der Waals surface area contributed by atoms with Crippen LogP contribution >= 0.6 is 22.6 Å². The van der Waals surface area contributed by atoms with Crippen LogP contribution in [0, 0.1) is 17.8 Å². The first-order chi connectivity index (χ1) is 5.25. The topological polar surface area (TPSA) is 26.0 Å². The average molecular weight is 263 g/mol. The van der Waals surface area contributed by atoms with Gasteiger partial charge in [-0.2, -0.15) is 0 Å². The first-order valence-electron chi connectivity index (χ1n) is 4.07. The second-order valence-electron chi connectivity index (χ2n) is 3.03. The van der Waals surface area contributed by atoms with Crippen LogP contribution in [-0.4, -0.2) is 9.97 Å². The van der Waals surface area contributed by atoms with Gasteiger partial charge in [0, 0.05) is 15.9 Å². The van der Waals surface area contributed by atoms with Crippen LogP contribution in [0.15, 0.2) is 0 Å². The third-order valence-electron chi connectivity index (χ3n) is 2.18. The average Bonchev–Trinajstić information content (AvgIpc) is 1.97. The smallest absolute Gasteiger partial charge is 0.0471 e. The fourth-order valence-corrected chi connectivity index (χ4v) is 2.69. The van der Waals surface area contributed by atoms with Crippen molar-refractivity contribution in [1.82, 2.24) is 0 Å². The molecule has 1 rings (SSSR count). The van der Waals surface area contributed by atoms with E-state index in [1.807, 2.05) is 6.92 Å². The monoisotopic (exact) mass is 263 g/mol. The van der Waals surface area contributed by atoms with E-state index < -0.39 is 0 Å². The van der Waals surface area contributed by atoms with Crippen LogP contribution in [-0.2, 0) is 0 Å². The van der Waals surface area contributed by atoms with Crippen molar-refractivity contribution in [2.75, 3.05) is 0 Å². The van der Waals surface area contributed by atoms with E-state index in [0.29, 0.717) is 15.9 Å². The van der Waals surface area contributed by atoms with Crippen LogP contribution in [0.1, 0.15) is 26.2 Å². The third kappa shape index (κ3) is 2.34. The molecule has 0 aliphatic heterocycles. The van der Waals surface area contributed by atoms with E-state index in [1.165, 1.54) is 12.8 Å². The quantitative estimate of drug-likeness (QED) is 0.403. The lowest BCUT2D eigenvalue weighted by Gasteiger charge is -2.29. The molecule has 1 aliphatic carbocycles. The van der Waals surface area contributed by atoms with E-state index >= 15 is 0 Å². The third-order valence-corrected chi connectivity index (χ3v) is 3.58. The maximum Gasteiger partial charge on any atom is 0.0471 e. The largest absolute Gasteiger partial charge is 0.327 e. The second kappa shape index (κ2) is 4.32. The van der Waals surface area contributed by atoms with Gasteiger partial charge in [-0.15, -0.1) is 5.92 Å². The molecule has 0 aromatic heterocycles. The molecule has 1 fully saturated rings. The Morgan fingerprint density at radius 2 is 2.18 bits per heavy atom. The summed E-state index contributed by atoms with van der Waals surface area (Å²) in [7, 11) is 0. The first-order valence-corrected chi connectivity index (χ1v) is 5.32. The Hall–Kier alpha value is 0.250. The predicted molar refractivity (Wildman–Crippen MR) is 56.6 cm³/mol. The van der Waals surface area contributed by atoms with Crippen molar-refractivity contribution in [3.05, 3.63) is 0 Å². The molecule has 1 aliphatic rings. The van der Waals surface area contributed by atoms with Crippen molar-refractivity contribution in [2.45, 2.75) is 36.2 Å². The normalized spacial score (nSPS) is 37.5. The van der Waals surface area contributed by atoms with Gasteiger partial charge in [0.15, 0.2) is 0 Å². The molecule has 3 unspecified atom stereocenters. The van der Waals surface area contributed by atoms with Crippen LogP contribution in [0.5, 0.6) is 0 Å². The summed E-state index contributed by atoms with van der Waals surface area (Å²) >= 11 is 2.47. The molecule has 0 spiro atoms. The molecule has 3 atom stereocenters. The number of nitrogens with two attached hydrogens (primary N) is 1. The SMILES string of the molecule is CC#CC1C(N)CCCC1I. The minimum Gasteiger partial charge on any atom is -0.327 e. The highest BCUT2D eigenvalue weighted by atomic mass is 127. The molecule has 62 valence electrons. The van der Waals surface area contributed by atoms with Crippen molar-refractivity contribution in [3.63, 3.8) is 0 Å². The lowest BCUT2D eigenvalue weighted by atomic mass is 9.85. The molecule has 2 heteroatoms. The second-order valence-corrected chi connectivity index (χ2v) is 4.63. The molecule has 0 saturated heterocycles. The number of rotatable bonds is 0. The molecule has 2 N–H and O–H groups in total. The summed E-state index contributed by atoms with van der Waals surface area (Å²) in [4.78, 5) is 0. The van der Waals surface area contributed by atoms with Gasteiger partial charge < -0.3 is 5.73 Å². The van der Waals surface area contributed by atoms with Gasteiger partial charge in [-0.1, -0.05) is 34.9 Å². The molecule has 11 heavy (non-hydrogen) atoms. The fourth-order valence-electron chi connectivity index (χ4n) is 1.54. The molecule has 1 nitrogen and oxygen atoms in total. The molecule has 0 aromatic carbocycles. The van der Waals surface area contributed by atoms with Crippen molar-refractivity contribution < 1.29 is 0 Å². The van der Waals surface area contributed by atoms with Gasteiger partial charge in [0.2, 0.25) is 0 Å². The molecule has 0 radical (unpaired) electrons. The van der Waals surface area contributed by atoms with E-state index in [-0.39, 0.29) is 0 Å². The van der Waals surface area contributed by atoms with Crippen LogP contribution in [0.4, 0.5) is 0 Å². The van der Waals surface area contributed by atoms with Gasteiger partial charge in [0.1, 0.15) is 0 Å². The lowest BCUT2D eigenvalue weighted by Crippen LogP contribution is -2.38. The van der Waals surface area contributed by atoms with Crippen LogP contribution in [0.2, 0.25) is 0 Å². The Kier molecular flexibility index (Phi) is 3.67. The number of hydrogen-bond donors (Lipinski definition) is 1. The lowest BCUT2D eigenvalue weighted by molar-refractivity contribution is 0.392. The summed E-state index contributed by atoms with van der Waals surface area (Å²) in [5, 5.41) is 0. The van der Waals surface area contributed by atoms with Gasteiger partial charge in [-0.25, -0.2) is 0 Å². The van der Waals surface area contributed by atoms with Crippen LogP contribution in [0.3, 0.4) is 0 Å². The zero-order valence-corrected chi connectivity index (χ0v) is 8.97. The number of alkyl halides is 1. The van der Waals surface area contributed by atoms with Gasteiger partial charge in [-0.3, -0.25) is 0 Å². The van der Waals surface area contributed by atoms with E-state index in [2.05, 4.69) is 34.4 Å². The summed E-state index contributed by atoms with van der Waals surface area (Å²) in [6.07, 6.45) is 3.71. The van der Waals surface area contributed by atoms with Gasteiger partial charge >= 0.3 is 0 Å². The zero-order chi connectivity index (χ0) is 8.27. The van der Waals surface area contributed by atoms with Gasteiger partial charge in [0.25, 0.3) is 0 Å². The van der Waals surface area contributed by atoms with Gasteiger partial charge in [0.05, 0.1) is 0 Å². The zero-order valence-electron chi connectivity index (χ0n) is 6.81. The molecule has 1 saturated carbocycles. The molecular weight excluding hydrogens is 249 g/mol. The summed E-state index contributed by atoms with van der Waals surface area (Å²) in [6, 6.07) is 0.318. The maximum absolute atomic E-state index is 5.95. The Labute approximate surface area is 82.3 Å². The number of halogens is 1. The van der Waals surface area contributed by atoms with Crippen molar-refractivity contribution in [1.29, 1.82) is 0 Å². The van der Waals surface area contributed by atoms with Crippen molar-refractivity contribution in [3.8, 4) is 11.8 Å². The summed E-state index contributed by atoms with van der Waals surface area (Å²) in [6.45, 7) is 1.89. The highest BCUT2D eigenvalue weighted by Gasteiger charge is 2.27.